The molecule has 2 aliphatic heterocycles. The summed E-state index contributed by atoms with van der Waals surface area (Å²) >= 11 is 0. The molecule has 1 fully saturated rings. The fourth-order valence-corrected chi connectivity index (χ4v) is 8.90. The minimum Gasteiger partial charge on any atom is -0.466 e. The van der Waals surface area contributed by atoms with Crippen LogP contribution in [0.3, 0.4) is 0 Å². The summed E-state index contributed by atoms with van der Waals surface area (Å²) in [6.45, 7) is 15.9. The molecule has 144 valence electrons. The molecule has 0 aromatic rings. The zero-order valence-electron chi connectivity index (χ0n) is 16.8. The second kappa shape index (κ2) is 7.51. The molecule has 0 aromatic carbocycles. The lowest BCUT2D eigenvalue weighted by Crippen LogP contribution is -2.64. The predicted molar refractivity (Wildman–Crippen MR) is 99.7 cm³/mol. The van der Waals surface area contributed by atoms with E-state index in [9.17, 15) is 4.79 Å². The van der Waals surface area contributed by atoms with Crippen LogP contribution in [0.2, 0.25) is 10.1 Å². The molecule has 0 aliphatic carbocycles. The number of carbonyl (C=O) groups excluding carboxylic acids is 1. The molecule has 0 N–H and O–H groups in total. The first kappa shape index (κ1) is 20.6. The van der Waals surface area contributed by atoms with Crippen LogP contribution in [-0.2, 0) is 23.1 Å². The van der Waals surface area contributed by atoms with Crippen LogP contribution in [0, 0.1) is 0 Å². The van der Waals surface area contributed by atoms with Crippen LogP contribution in [0.5, 0.6) is 0 Å². The van der Waals surface area contributed by atoms with E-state index in [1.54, 1.807) is 0 Å². The highest BCUT2D eigenvalue weighted by Crippen LogP contribution is 2.54. The number of ether oxygens (including phenoxy) is 2. The first-order valence-corrected chi connectivity index (χ1v) is 11.1. The van der Waals surface area contributed by atoms with Gasteiger partial charge in [0.25, 0.3) is 0 Å². The van der Waals surface area contributed by atoms with E-state index < -0.39 is 8.56 Å². The lowest BCUT2D eigenvalue weighted by molar-refractivity contribution is -0.152. The van der Waals surface area contributed by atoms with Gasteiger partial charge in [0.15, 0.2) is 0 Å². The highest BCUT2D eigenvalue weighted by molar-refractivity contribution is 6.73. The SMILES string of the molecule is CCOC(=O)C[C@H]1CC=C[C@@H]2O[Si](C(C)(C)C)(C(C)(C)C)OC[C@H]2O1. The van der Waals surface area contributed by atoms with Crippen molar-refractivity contribution in [2.24, 2.45) is 0 Å². The van der Waals surface area contributed by atoms with E-state index in [2.05, 4.69) is 53.7 Å². The zero-order valence-corrected chi connectivity index (χ0v) is 17.8. The Morgan fingerprint density at radius 1 is 1.20 bits per heavy atom. The average molecular weight is 371 g/mol. The van der Waals surface area contributed by atoms with Gasteiger partial charge in [-0.1, -0.05) is 53.7 Å². The van der Waals surface area contributed by atoms with Gasteiger partial charge in [-0.3, -0.25) is 4.79 Å². The Kier molecular flexibility index (Phi) is 6.19. The van der Waals surface area contributed by atoms with Gasteiger partial charge in [0.1, 0.15) is 6.10 Å². The van der Waals surface area contributed by atoms with Crippen molar-refractivity contribution in [2.45, 2.75) is 89.7 Å². The summed E-state index contributed by atoms with van der Waals surface area (Å²) in [5, 5.41) is -0.110. The first-order chi connectivity index (χ1) is 11.5. The van der Waals surface area contributed by atoms with Gasteiger partial charge in [-0.25, -0.2) is 0 Å². The third-order valence-corrected chi connectivity index (χ3v) is 10.0. The third kappa shape index (κ3) is 4.35. The Morgan fingerprint density at radius 3 is 2.40 bits per heavy atom. The van der Waals surface area contributed by atoms with Crippen molar-refractivity contribution in [1.29, 1.82) is 0 Å². The van der Waals surface area contributed by atoms with Crippen LogP contribution in [-0.4, -0.2) is 46.1 Å². The van der Waals surface area contributed by atoms with E-state index in [0.717, 1.165) is 0 Å². The van der Waals surface area contributed by atoms with Gasteiger partial charge in [0.05, 0.1) is 31.8 Å². The van der Waals surface area contributed by atoms with Crippen LogP contribution in [0.4, 0.5) is 0 Å². The van der Waals surface area contributed by atoms with Crippen molar-refractivity contribution in [3.05, 3.63) is 12.2 Å². The predicted octanol–water partition coefficient (Wildman–Crippen LogP) is 4.11. The van der Waals surface area contributed by atoms with Crippen molar-refractivity contribution in [2.75, 3.05) is 13.2 Å². The van der Waals surface area contributed by atoms with Crippen LogP contribution >= 0.6 is 0 Å². The summed E-state index contributed by atoms with van der Waals surface area (Å²) in [6.07, 6.45) is 4.64. The Hall–Kier alpha value is -0.693. The van der Waals surface area contributed by atoms with Gasteiger partial charge in [-0.15, -0.1) is 0 Å². The molecule has 0 bridgehead atoms. The quantitative estimate of drug-likeness (QED) is 0.425. The van der Waals surface area contributed by atoms with E-state index in [1.807, 2.05) is 6.92 Å². The number of hydrogen-bond donors (Lipinski definition) is 0. The van der Waals surface area contributed by atoms with E-state index >= 15 is 0 Å². The maximum atomic E-state index is 11.8. The summed E-state index contributed by atoms with van der Waals surface area (Å²) in [6, 6.07) is 0. The van der Waals surface area contributed by atoms with Gasteiger partial charge < -0.3 is 18.3 Å². The molecule has 0 saturated carbocycles. The minimum atomic E-state index is -2.51. The van der Waals surface area contributed by atoms with Gasteiger partial charge in [-0.05, 0) is 13.3 Å². The molecule has 1 saturated heterocycles. The lowest BCUT2D eigenvalue weighted by atomic mass is 10.2. The van der Waals surface area contributed by atoms with E-state index in [0.29, 0.717) is 19.6 Å². The van der Waals surface area contributed by atoms with Gasteiger partial charge in [0.2, 0.25) is 0 Å². The minimum absolute atomic E-state index is 0.0549. The van der Waals surface area contributed by atoms with Crippen molar-refractivity contribution >= 4 is 14.5 Å². The van der Waals surface area contributed by atoms with Crippen LogP contribution in [0.1, 0.15) is 61.3 Å². The molecule has 0 amide bonds. The summed E-state index contributed by atoms with van der Waals surface area (Å²) in [5.41, 5.74) is 0. The van der Waals surface area contributed by atoms with Crippen molar-refractivity contribution in [3.63, 3.8) is 0 Å². The standard InChI is InChI=1S/C19H34O5Si/c1-8-21-17(20)12-14-10-9-11-15-16(23-14)13-22-25(24-15,18(2,3)4)19(5,6)7/h9,11,14-16H,8,10,12-13H2,1-7H3/t14-,15+,16-/m1/s1. The van der Waals surface area contributed by atoms with Crippen LogP contribution < -0.4 is 0 Å². The maximum Gasteiger partial charge on any atom is 0.349 e. The molecule has 3 atom stereocenters. The van der Waals surface area contributed by atoms with Crippen molar-refractivity contribution in [3.8, 4) is 0 Å². The molecule has 6 heteroatoms. The monoisotopic (exact) mass is 370 g/mol. The first-order valence-electron chi connectivity index (χ1n) is 9.29. The fourth-order valence-electron chi connectivity index (χ4n) is 3.99. The highest BCUT2D eigenvalue weighted by Gasteiger charge is 2.61. The molecule has 2 aliphatic rings. The molecule has 0 spiro atoms. The summed E-state index contributed by atoms with van der Waals surface area (Å²) in [5.74, 6) is -0.217. The molecule has 0 aromatic heterocycles. The average Bonchev–Trinajstić information content (AvgIpc) is 2.65. The van der Waals surface area contributed by atoms with Gasteiger partial charge in [-0.2, -0.15) is 0 Å². The molecule has 2 rings (SSSR count). The number of fused-ring (bicyclic) bond motifs is 1. The number of carbonyl (C=O) groups is 1. The lowest BCUT2D eigenvalue weighted by Gasteiger charge is -2.54. The topological polar surface area (TPSA) is 54.0 Å². The number of rotatable bonds is 3. The molecule has 2 heterocycles. The second-order valence-corrected chi connectivity index (χ2v) is 13.7. The van der Waals surface area contributed by atoms with Crippen LogP contribution in [0.15, 0.2) is 12.2 Å². The van der Waals surface area contributed by atoms with E-state index in [-0.39, 0.29) is 40.8 Å². The maximum absolute atomic E-state index is 11.8. The molecule has 0 unspecified atom stereocenters. The molecular formula is C19H34O5Si. The van der Waals surface area contributed by atoms with Crippen molar-refractivity contribution < 1.29 is 23.1 Å². The zero-order chi connectivity index (χ0) is 18.9. The van der Waals surface area contributed by atoms with Crippen molar-refractivity contribution in [1.82, 2.24) is 0 Å². The number of hydrogen-bond acceptors (Lipinski definition) is 5. The Balaban J connectivity index is 2.14. The largest absolute Gasteiger partial charge is 0.466 e. The van der Waals surface area contributed by atoms with Gasteiger partial charge >= 0.3 is 14.5 Å². The normalized spacial score (nSPS) is 29.6. The summed E-state index contributed by atoms with van der Waals surface area (Å²) in [7, 11) is -2.51. The molecule has 25 heavy (non-hydrogen) atoms. The Bertz CT molecular complexity index is 489. The fraction of sp³-hybridized carbons (Fsp3) is 0.842. The third-order valence-electron chi connectivity index (χ3n) is 4.89. The summed E-state index contributed by atoms with van der Waals surface area (Å²) < 4.78 is 24.3. The molecule has 0 radical (unpaired) electrons. The molecular weight excluding hydrogens is 336 g/mol. The van der Waals surface area contributed by atoms with Gasteiger partial charge in [0, 0.05) is 10.1 Å². The Morgan fingerprint density at radius 2 is 1.84 bits per heavy atom. The second-order valence-electron chi connectivity index (χ2n) is 8.98. The van der Waals surface area contributed by atoms with Crippen LogP contribution in [0.25, 0.3) is 0 Å². The summed E-state index contributed by atoms with van der Waals surface area (Å²) in [4.78, 5) is 11.8. The van der Waals surface area contributed by atoms with E-state index in [4.69, 9.17) is 18.3 Å². The molecule has 5 nitrogen and oxygen atoms in total. The smallest absolute Gasteiger partial charge is 0.349 e. The van der Waals surface area contributed by atoms with E-state index in [1.165, 1.54) is 0 Å². The highest BCUT2D eigenvalue weighted by atomic mass is 28.4. The Labute approximate surface area is 153 Å². The number of esters is 1.